The van der Waals surface area contributed by atoms with Gasteiger partial charge >= 0.3 is 0 Å². The Labute approximate surface area is 95.7 Å². The van der Waals surface area contributed by atoms with E-state index in [1.165, 1.54) is 0 Å². The number of imidazole rings is 1. The molecule has 0 bridgehead atoms. The van der Waals surface area contributed by atoms with Crippen molar-refractivity contribution in [2.75, 3.05) is 6.61 Å². The van der Waals surface area contributed by atoms with Crippen molar-refractivity contribution in [2.24, 2.45) is 0 Å². The molecule has 2 heterocycles. The van der Waals surface area contributed by atoms with Gasteiger partial charge in [-0.25, -0.2) is 4.98 Å². The first kappa shape index (κ1) is 10.3. The van der Waals surface area contributed by atoms with Crippen molar-refractivity contribution in [1.82, 2.24) is 14.5 Å². The zero-order chi connectivity index (χ0) is 10.7. The number of hydrogen-bond acceptors (Lipinski definition) is 3. The third-order valence-corrected chi connectivity index (χ3v) is 2.45. The first-order chi connectivity index (χ1) is 7.31. The fourth-order valence-corrected chi connectivity index (χ4v) is 1.76. The molecule has 1 N–H and O–H groups in total. The fraction of sp³-hybridized carbons (Fsp3) is 0.200. The average molecular weight is 268 g/mol. The molecule has 0 unspecified atom stereocenters. The van der Waals surface area contributed by atoms with Crippen molar-refractivity contribution >= 4 is 15.9 Å². The quantitative estimate of drug-likeness (QED) is 0.921. The lowest BCUT2D eigenvalue weighted by molar-refractivity contribution is 0.276. The minimum absolute atomic E-state index is 0.102. The SMILES string of the molecule is OCCn1ccnc1-c1cncc(Br)c1. The zero-order valence-electron chi connectivity index (χ0n) is 7.97. The Balaban J connectivity index is 2.40. The maximum atomic E-state index is 8.89. The standard InChI is InChI=1S/C10H10BrN3O/c11-9-5-8(6-12-7-9)10-13-1-2-14(10)3-4-15/h1-2,5-7,15H,3-4H2. The lowest BCUT2D eigenvalue weighted by Gasteiger charge is -2.05. The minimum Gasteiger partial charge on any atom is -0.395 e. The van der Waals surface area contributed by atoms with E-state index in [9.17, 15) is 0 Å². The molecular weight excluding hydrogens is 258 g/mol. The second-order valence-electron chi connectivity index (χ2n) is 3.06. The van der Waals surface area contributed by atoms with Gasteiger partial charge in [-0.05, 0) is 22.0 Å². The first-order valence-electron chi connectivity index (χ1n) is 4.54. The van der Waals surface area contributed by atoms with Gasteiger partial charge in [0.25, 0.3) is 0 Å². The van der Waals surface area contributed by atoms with Crippen LogP contribution in [-0.4, -0.2) is 26.2 Å². The van der Waals surface area contributed by atoms with Crippen LogP contribution in [0.15, 0.2) is 35.3 Å². The summed E-state index contributed by atoms with van der Waals surface area (Å²) in [4.78, 5) is 8.32. The van der Waals surface area contributed by atoms with E-state index in [1.54, 1.807) is 18.6 Å². The van der Waals surface area contributed by atoms with E-state index in [4.69, 9.17) is 5.11 Å². The van der Waals surface area contributed by atoms with E-state index in [2.05, 4.69) is 25.9 Å². The maximum Gasteiger partial charge on any atom is 0.141 e. The Bertz CT molecular complexity index is 455. The predicted molar refractivity (Wildman–Crippen MR) is 60.2 cm³/mol. The van der Waals surface area contributed by atoms with Crippen LogP contribution in [0, 0.1) is 0 Å². The molecule has 15 heavy (non-hydrogen) atoms. The number of hydrogen-bond donors (Lipinski definition) is 1. The van der Waals surface area contributed by atoms with Gasteiger partial charge in [-0.15, -0.1) is 0 Å². The van der Waals surface area contributed by atoms with Gasteiger partial charge in [0.15, 0.2) is 0 Å². The van der Waals surface area contributed by atoms with Crippen LogP contribution in [-0.2, 0) is 6.54 Å². The zero-order valence-corrected chi connectivity index (χ0v) is 9.55. The summed E-state index contributed by atoms with van der Waals surface area (Å²) in [5.41, 5.74) is 0.933. The molecule has 0 aliphatic heterocycles. The molecule has 0 fully saturated rings. The molecule has 0 radical (unpaired) electrons. The molecular formula is C10H10BrN3O. The third-order valence-electron chi connectivity index (χ3n) is 2.02. The summed E-state index contributed by atoms with van der Waals surface area (Å²) in [6.07, 6.45) is 7.03. The number of pyridine rings is 1. The molecule has 0 aliphatic rings. The van der Waals surface area contributed by atoms with Crippen LogP contribution < -0.4 is 0 Å². The largest absolute Gasteiger partial charge is 0.395 e. The molecule has 2 aromatic rings. The van der Waals surface area contributed by atoms with E-state index in [-0.39, 0.29) is 6.61 Å². The topological polar surface area (TPSA) is 50.9 Å². The number of rotatable bonds is 3. The van der Waals surface area contributed by atoms with Crippen LogP contribution in [0.1, 0.15) is 0 Å². The Morgan fingerprint density at radius 1 is 1.40 bits per heavy atom. The van der Waals surface area contributed by atoms with Gasteiger partial charge in [-0.2, -0.15) is 0 Å². The van der Waals surface area contributed by atoms with Gasteiger partial charge < -0.3 is 9.67 Å². The highest BCUT2D eigenvalue weighted by Crippen LogP contribution is 2.19. The van der Waals surface area contributed by atoms with Gasteiger partial charge in [0.2, 0.25) is 0 Å². The normalized spacial score (nSPS) is 10.5. The number of aliphatic hydroxyl groups is 1. The Morgan fingerprint density at radius 3 is 3.00 bits per heavy atom. The molecule has 0 aromatic carbocycles. The molecule has 0 spiro atoms. The van der Waals surface area contributed by atoms with Gasteiger partial charge in [0.05, 0.1) is 6.61 Å². The maximum absolute atomic E-state index is 8.89. The van der Waals surface area contributed by atoms with E-state index in [0.717, 1.165) is 15.9 Å². The van der Waals surface area contributed by atoms with Crippen LogP contribution in [0.25, 0.3) is 11.4 Å². The van der Waals surface area contributed by atoms with Crippen molar-refractivity contribution in [1.29, 1.82) is 0 Å². The molecule has 0 aliphatic carbocycles. The Kier molecular flexibility index (Phi) is 3.13. The van der Waals surface area contributed by atoms with E-state index < -0.39 is 0 Å². The molecule has 0 saturated carbocycles. The lowest BCUT2D eigenvalue weighted by atomic mass is 10.3. The molecule has 2 rings (SSSR count). The molecule has 5 heteroatoms. The molecule has 0 atom stereocenters. The van der Waals surface area contributed by atoms with Gasteiger partial charge in [-0.3, -0.25) is 4.98 Å². The van der Waals surface area contributed by atoms with Crippen molar-refractivity contribution in [2.45, 2.75) is 6.54 Å². The third kappa shape index (κ3) is 2.24. The highest BCUT2D eigenvalue weighted by molar-refractivity contribution is 9.10. The minimum atomic E-state index is 0.102. The van der Waals surface area contributed by atoms with Crippen molar-refractivity contribution in [3.8, 4) is 11.4 Å². The summed E-state index contributed by atoms with van der Waals surface area (Å²) >= 11 is 3.36. The molecule has 0 amide bonds. The van der Waals surface area contributed by atoms with Crippen LogP contribution in [0.3, 0.4) is 0 Å². The van der Waals surface area contributed by atoms with Crippen molar-refractivity contribution < 1.29 is 5.11 Å². The van der Waals surface area contributed by atoms with Gasteiger partial charge in [-0.1, -0.05) is 0 Å². The number of aliphatic hydroxyl groups excluding tert-OH is 1. The number of halogens is 1. The first-order valence-corrected chi connectivity index (χ1v) is 5.33. The van der Waals surface area contributed by atoms with Gasteiger partial charge in [0, 0.05) is 41.4 Å². The molecule has 2 aromatic heterocycles. The monoisotopic (exact) mass is 267 g/mol. The van der Waals surface area contributed by atoms with Crippen LogP contribution in [0.4, 0.5) is 0 Å². The van der Waals surface area contributed by atoms with E-state index in [1.807, 2.05) is 16.8 Å². The van der Waals surface area contributed by atoms with E-state index >= 15 is 0 Å². The van der Waals surface area contributed by atoms with Crippen LogP contribution in [0.5, 0.6) is 0 Å². The Morgan fingerprint density at radius 2 is 2.27 bits per heavy atom. The second kappa shape index (κ2) is 4.55. The molecule has 78 valence electrons. The molecule has 0 saturated heterocycles. The fourth-order valence-electron chi connectivity index (χ4n) is 1.39. The lowest BCUT2D eigenvalue weighted by Crippen LogP contribution is -2.03. The summed E-state index contributed by atoms with van der Waals surface area (Å²) in [5.74, 6) is 0.817. The smallest absolute Gasteiger partial charge is 0.141 e. The summed E-state index contributed by atoms with van der Waals surface area (Å²) in [6.45, 7) is 0.645. The van der Waals surface area contributed by atoms with Crippen molar-refractivity contribution in [3.05, 3.63) is 35.3 Å². The van der Waals surface area contributed by atoms with Crippen LogP contribution >= 0.6 is 15.9 Å². The van der Waals surface area contributed by atoms with E-state index in [0.29, 0.717) is 6.54 Å². The highest BCUT2D eigenvalue weighted by atomic mass is 79.9. The van der Waals surface area contributed by atoms with Crippen molar-refractivity contribution in [3.63, 3.8) is 0 Å². The summed E-state index contributed by atoms with van der Waals surface area (Å²) in [6, 6.07) is 1.95. The Hall–Kier alpha value is -1.20. The van der Waals surface area contributed by atoms with Gasteiger partial charge in [0.1, 0.15) is 5.82 Å². The summed E-state index contributed by atoms with van der Waals surface area (Å²) < 4.78 is 2.81. The highest BCUT2D eigenvalue weighted by Gasteiger charge is 2.05. The average Bonchev–Trinajstić information content (AvgIpc) is 2.66. The summed E-state index contributed by atoms with van der Waals surface area (Å²) in [7, 11) is 0. The number of aromatic nitrogens is 3. The summed E-state index contributed by atoms with van der Waals surface area (Å²) in [5, 5.41) is 8.89. The van der Waals surface area contributed by atoms with Crippen LogP contribution in [0.2, 0.25) is 0 Å². The molecule has 4 nitrogen and oxygen atoms in total. The number of nitrogens with zero attached hydrogens (tertiary/aromatic N) is 3. The second-order valence-corrected chi connectivity index (χ2v) is 3.98. The predicted octanol–water partition coefficient (Wildman–Crippen LogP) is 1.70.